The second-order valence-electron chi connectivity index (χ2n) is 15.6. The number of fused-ring (bicyclic) bond motifs is 5. The Labute approximate surface area is 329 Å². The molecular weight excluding hydrogens is 705 g/mol. The van der Waals surface area contributed by atoms with Gasteiger partial charge < -0.3 is 25.4 Å². The van der Waals surface area contributed by atoms with Crippen LogP contribution in [0.5, 0.6) is 0 Å². The normalized spacial score (nSPS) is 22.2. The van der Waals surface area contributed by atoms with E-state index >= 15 is 0 Å². The van der Waals surface area contributed by atoms with Gasteiger partial charge in [0.2, 0.25) is 0 Å². The van der Waals surface area contributed by atoms with Crippen LogP contribution in [0.2, 0.25) is 0 Å². The summed E-state index contributed by atoms with van der Waals surface area (Å²) in [5.41, 5.74) is 14.6. The highest BCUT2D eigenvalue weighted by Gasteiger charge is 2.43. The predicted octanol–water partition coefficient (Wildman–Crippen LogP) is 9.73. The van der Waals surface area contributed by atoms with Crippen molar-refractivity contribution in [1.82, 2.24) is 5.32 Å². The molecule has 1 fully saturated rings. The van der Waals surface area contributed by atoms with E-state index < -0.39 is 11.9 Å². The number of hydrogen-bond donors (Lipinski definition) is 4. The quantitative estimate of drug-likeness (QED) is 0.146. The second kappa shape index (κ2) is 15.7. The van der Waals surface area contributed by atoms with E-state index in [0.29, 0.717) is 18.7 Å². The first-order valence-corrected chi connectivity index (χ1v) is 20.0. The van der Waals surface area contributed by atoms with Gasteiger partial charge in [0.1, 0.15) is 5.76 Å². The third kappa shape index (κ3) is 6.89. The molecule has 0 radical (unpaired) electrons. The summed E-state index contributed by atoms with van der Waals surface area (Å²) < 4.78 is 6.55. The van der Waals surface area contributed by atoms with Gasteiger partial charge in [0.05, 0.1) is 45.9 Å². The van der Waals surface area contributed by atoms with E-state index in [0.717, 1.165) is 122 Å². The highest BCUT2D eigenvalue weighted by atomic mass is 16.5. The van der Waals surface area contributed by atoms with Crippen LogP contribution in [0.25, 0.3) is 5.57 Å². The Morgan fingerprint density at radius 1 is 0.893 bits per heavy atom. The van der Waals surface area contributed by atoms with Gasteiger partial charge in [-0.25, -0.2) is 19.8 Å². The Hall–Kier alpha value is -5.35. The number of carboxylic acid groups (broad SMARTS) is 2. The number of aliphatic imine (C=N–C) groups is 3. The van der Waals surface area contributed by atoms with Gasteiger partial charge in [-0.15, -0.1) is 0 Å². The summed E-state index contributed by atoms with van der Waals surface area (Å²) >= 11 is 0. The zero-order chi connectivity index (χ0) is 40.0. The van der Waals surface area contributed by atoms with Crippen molar-refractivity contribution in [2.75, 3.05) is 6.61 Å². The highest BCUT2D eigenvalue weighted by molar-refractivity contribution is 6.34. The number of nitrogens with one attached hydrogen (secondary N) is 1. The number of allylic oxidation sites excluding steroid dienone is 11. The maximum atomic E-state index is 12.1. The molecule has 1 saturated heterocycles. The van der Waals surface area contributed by atoms with Crippen molar-refractivity contribution in [3.05, 3.63) is 121 Å². The number of aromatic carboxylic acids is 1. The largest absolute Gasteiger partial charge is 0.511 e. The van der Waals surface area contributed by atoms with Crippen LogP contribution >= 0.6 is 0 Å². The monoisotopic (exact) mass is 756 g/mol. The molecular formula is C46H52N4O6. The van der Waals surface area contributed by atoms with Crippen molar-refractivity contribution in [3.63, 3.8) is 0 Å². The molecule has 1 aromatic carbocycles. The fraction of sp³-hybridized carbons (Fsp3) is 0.413. The number of aliphatic hydroxyl groups is 1. The molecule has 6 aliphatic rings. The lowest BCUT2D eigenvalue weighted by Crippen LogP contribution is -2.17. The summed E-state index contributed by atoms with van der Waals surface area (Å²) in [6.45, 7) is 15.3. The van der Waals surface area contributed by atoms with Gasteiger partial charge in [0.15, 0.2) is 0 Å². The molecule has 1 aliphatic carbocycles. The van der Waals surface area contributed by atoms with Crippen LogP contribution in [0, 0.1) is 11.8 Å². The highest BCUT2D eigenvalue weighted by Crippen LogP contribution is 2.48. The molecule has 0 saturated carbocycles. The number of nitrogens with zero attached hydrogens (tertiary/aromatic N) is 3. The maximum Gasteiger partial charge on any atom is 0.335 e. The van der Waals surface area contributed by atoms with E-state index in [-0.39, 0.29) is 42.1 Å². The van der Waals surface area contributed by atoms with Crippen LogP contribution in [0.1, 0.15) is 116 Å². The molecule has 10 nitrogen and oxygen atoms in total. The lowest BCUT2D eigenvalue weighted by Gasteiger charge is -2.19. The lowest BCUT2D eigenvalue weighted by molar-refractivity contribution is -0.137. The van der Waals surface area contributed by atoms with Gasteiger partial charge in [0, 0.05) is 65.0 Å². The number of benzene rings is 1. The average Bonchev–Trinajstić information content (AvgIpc) is 3.93. The van der Waals surface area contributed by atoms with Gasteiger partial charge in [0.25, 0.3) is 0 Å². The minimum absolute atomic E-state index is 0.0353. The van der Waals surface area contributed by atoms with Crippen LogP contribution in [0.4, 0.5) is 0 Å². The van der Waals surface area contributed by atoms with E-state index in [4.69, 9.17) is 19.7 Å². The number of aliphatic hydroxyl groups excluding tert-OH is 1. The van der Waals surface area contributed by atoms with E-state index in [1.807, 2.05) is 25.1 Å². The molecule has 8 bridgehead atoms. The summed E-state index contributed by atoms with van der Waals surface area (Å²) in [7, 11) is 0. The van der Waals surface area contributed by atoms with Gasteiger partial charge in [-0.1, -0.05) is 52.2 Å². The Balaban J connectivity index is 1.51. The summed E-state index contributed by atoms with van der Waals surface area (Å²) in [6, 6.07) is 6.85. The van der Waals surface area contributed by atoms with Crippen molar-refractivity contribution in [2.45, 2.75) is 106 Å². The van der Waals surface area contributed by atoms with E-state index in [2.05, 4.69) is 52.9 Å². The molecule has 5 heterocycles. The van der Waals surface area contributed by atoms with Crippen molar-refractivity contribution < 1.29 is 29.6 Å². The van der Waals surface area contributed by atoms with E-state index in [1.165, 1.54) is 0 Å². The fourth-order valence-corrected chi connectivity index (χ4v) is 9.02. The molecule has 7 rings (SSSR count). The number of unbranched alkanes of at least 4 members (excludes halogenated alkanes) is 3. The molecule has 0 amide bonds. The average molecular weight is 757 g/mol. The van der Waals surface area contributed by atoms with E-state index in [9.17, 15) is 24.9 Å². The Kier molecular flexibility index (Phi) is 10.9. The minimum Gasteiger partial charge on any atom is -0.511 e. The third-order valence-corrected chi connectivity index (χ3v) is 12.1. The molecule has 10 heteroatoms. The number of carbonyl (C=O) groups is 2. The molecule has 3 atom stereocenters. The van der Waals surface area contributed by atoms with Crippen molar-refractivity contribution in [2.24, 2.45) is 26.8 Å². The number of ether oxygens (including phenoxy) is 1. The summed E-state index contributed by atoms with van der Waals surface area (Å²) in [5.74, 6) is -2.08. The molecule has 5 aliphatic heterocycles. The maximum absolute atomic E-state index is 12.1. The molecule has 56 heavy (non-hydrogen) atoms. The van der Waals surface area contributed by atoms with Crippen LogP contribution in [0.3, 0.4) is 0 Å². The summed E-state index contributed by atoms with van der Waals surface area (Å²) in [4.78, 5) is 39.8. The number of hydrogen-bond acceptors (Lipinski definition) is 8. The Morgan fingerprint density at radius 3 is 2.32 bits per heavy atom. The molecule has 4 N–H and O–H groups in total. The number of aliphatic carboxylic acids is 1. The van der Waals surface area contributed by atoms with Crippen molar-refractivity contribution in [3.8, 4) is 0 Å². The summed E-state index contributed by atoms with van der Waals surface area (Å²) in [5, 5.41) is 35.0. The van der Waals surface area contributed by atoms with Crippen molar-refractivity contribution >= 4 is 34.6 Å². The standard InChI is InChI=1S/C46H52N4O6/c1-8-10-11-12-19-56-27(7)39-26(6)43-41(28-13-15-29(16-14-28)46(54)55)42-24(4)31(17-18-38(52)53)44(50-42)32-20-37(51)40-25(5)34(48-45(32)40)21-35-30(9-2)23(3)33(47-35)22-36(39)49-43/h13-16,21-22,24,27,31,50-51H,8-12,17-20H2,1-7H3,(H,52,53)(H,54,55). The van der Waals surface area contributed by atoms with E-state index in [1.54, 1.807) is 12.1 Å². The second-order valence-corrected chi connectivity index (χ2v) is 15.6. The molecule has 292 valence electrons. The van der Waals surface area contributed by atoms with Crippen LogP contribution in [-0.2, 0) is 9.53 Å². The molecule has 0 aromatic heterocycles. The van der Waals surface area contributed by atoms with Gasteiger partial charge >= 0.3 is 11.9 Å². The smallest absolute Gasteiger partial charge is 0.335 e. The zero-order valence-corrected chi connectivity index (χ0v) is 33.5. The first kappa shape index (κ1) is 38.9. The van der Waals surface area contributed by atoms with Crippen LogP contribution in [-0.4, -0.2) is 57.1 Å². The first-order valence-electron chi connectivity index (χ1n) is 20.0. The third-order valence-electron chi connectivity index (χ3n) is 12.1. The Bertz CT molecular complexity index is 2270. The van der Waals surface area contributed by atoms with Crippen LogP contribution in [0.15, 0.2) is 125 Å². The lowest BCUT2D eigenvalue weighted by atomic mass is 9.83. The molecule has 1 aromatic rings. The minimum atomic E-state index is -1.02. The Morgan fingerprint density at radius 2 is 1.64 bits per heavy atom. The van der Waals surface area contributed by atoms with Gasteiger partial charge in [-0.3, -0.25) is 4.79 Å². The molecule has 3 unspecified atom stereocenters. The summed E-state index contributed by atoms with van der Waals surface area (Å²) in [6.07, 6.45) is 9.55. The fourth-order valence-electron chi connectivity index (χ4n) is 9.02. The van der Waals surface area contributed by atoms with Gasteiger partial charge in [-0.05, 0) is 99.1 Å². The number of carboxylic acids is 2. The predicted molar refractivity (Wildman–Crippen MR) is 221 cm³/mol. The topological polar surface area (TPSA) is 153 Å². The van der Waals surface area contributed by atoms with Crippen molar-refractivity contribution in [1.29, 1.82) is 0 Å². The zero-order valence-electron chi connectivity index (χ0n) is 33.5. The van der Waals surface area contributed by atoms with Gasteiger partial charge in [-0.2, -0.15) is 0 Å². The number of rotatable bonds is 13. The first-order chi connectivity index (χ1) is 26.8. The van der Waals surface area contributed by atoms with Crippen LogP contribution < -0.4 is 5.32 Å². The molecule has 0 spiro atoms. The SMILES string of the molecule is CCCCCCOC(C)C1=C(C)C2=NC1=CC1=NC(=CC3=C(C)C4=C(O)CC(=C5NC(=C2c2ccc(C(=O)O)cc2)C(C)C5CCC(=O)O)C4=N3)C(CC)=C1C.